The molecule has 0 aromatic heterocycles. The second-order valence-corrected chi connectivity index (χ2v) is 16.8. The lowest BCUT2D eigenvalue weighted by Gasteiger charge is -2.43. The number of allylic oxidation sites excluding steroid dienone is 2. The van der Waals surface area contributed by atoms with Crippen molar-refractivity contribution in [1.82, 2.24) is 0 Å². The monoisotopic (exact) mass is 579 g/mol. The average Bonchev–Trinajstić information content (AvgIpc) is 3.18. The fourth-order valence-corrected chi connectivity index (χ4v) is 8.36. The third-order valence-electron chi connectivity index (χ3n) is 11.1. The molecule has 226 valence electrons. The maximum absolute atomic E-state index is 2.64. The molecular formula is C43H49N. The third-order valence-corrected chi connectivity index (χ3v) is 11.1. The average molecular weight is 580 g/mol. The normalized spacial score (nSPS) is 19.8. The Labute approximate surface area is 265 Å². The number of anilines is 2. The van der Waals surface area contributed by atoms with Crippen LogP contribution in [0.15, 0.2) is 90.0 Å². The zero-order valence-corrected chi connectivity index (χ0v) is 28.7. The van der Waals surface area contributed by atoms with Crippen LogP contribution in [0.4, 0.5) is 11.4 Å². The second-order valence-electron chi connectivity index (χ2n) is 16.8. The molecule has 1 heteroatoms. The van der Waals surface area contributed by atoms with E-state index in [9.17, 15) is 0 Å². The van der Waals surface area contributed by atoms with Crippen molar-refractivity contribution in [2.75, 3.05) is 4.90 Å². The third kappa shape index (κ3) is 4.11. The lowest BCUT2D eigenvalue weighted by Crippen LogP contribution is -2.37. The number of benzene rings is 4. The van der Waals surface area contributed by atoms with E-state index >= 15 is 0 Å². The molecule has 0 radical (unpaired) electrons. The highest BCUT2D eigenvalue weighted by molar-refractivity contribution is 6.10. The number of nitrogens with zero attached hydrogens (tertiary/aromatic N) is 1. The highest BCUT2D eigenvalue weighted by atomic mass is 15.2. The minimum absolute atomic E-state index is 0.0211. The van der Waals surface area contributed by atoms with Crippen molar-refractivity contribution in [3.63, 3.8) is 0 Å². The molecule has 0 heterocycles. The molecule has 1 unspecified atom stereocenters. The highest BCUT2D eigenvalue weighted by Crippen LogP contribution is 2.62. The molecule has 1 atom stereocenters. The molecule has 44 heavy (non-hydrogen) atoms. The molecular weight excluding hydrogens is 530 g/mol. The molecule has 4 aromatic rings. The highest BCUT2D eigenvalue weighted by Gasteiger charge is 2.49. The van der Waals surface area contributed by atoms with Crippen molar-refractivity contribution < 1.29 is 0 Å². The molecule has 4 aromatic carbocycles. The summed E-state index contributed by atoms with van der Waals surface area (Å²) in [4.78, 5) is 2.62. The van der Waals surface area contributed by atoms with Gasteiger partial charge in [0, 0.05) is 22.2 Å². The van der Waals surface area contributed by atoms with E-state index in [1.165, 1.54) is 61.1 Å². The lowest BCUT2D eigenvalue weighted by molar-refractivity contribution is 0.570. The number of aryl methyl sites for hydroxylation is 1. The Morgan fingerprint density at radius 2 is 1.23 bits per heavy atom. The van der Waals surface area contributed by atoms with E-state index in [0.717, 1.165) is 6.42 Å². The molecule has 7 rings (SSSR count). The first-order valence-corrected chi connectivity index (χ1v) is 16.6. The molecule has 0 spiro atoms. The van der Waals surface area contributed by atoms with Gasteiger partial charge in [-0.1, -0.05) is 124 Å². The Morgan fingerprint density at radius 3 is 1.75 bits per heavy atom. The Bertz CT molecular complexity index is 1820. The molecule has 1 nitrogen and oxygen atoms in total. The van der Waals surface area contributed by atoms with E-state index < -0.39 is 0 Å². The van der Waals surface area contributed by atoms with Gasteiger partial charge in [-0.25, -0.2) is 0 Å². The van der Waals surface area contributed by atoms with E-state index in [1.807, 2.05) is 0 Å². The van der Waals surface area contributed by atoms with E-state index in [-0.39, 0.29) is 27.7 Å². The first-order valence-electron chi connectivity index (χ1n) is 16.6. The van der Waals surface area contributed by atoms with Crippen LogP contribution in [0.25, 0.3) is 16.3 Å². The molecule has 0 aliphatic heterocycles. The fraction of sp³-hybridized carbons (Fsp3) is 0.395. The summed E-state index contributed by atoms with van der Waals surface area (Å²) in [7, 11) is 0. The Morgan fingerprint density at radius 1 is 0.682 bits per heavy atom. The standard InChI is InChI=1S/C43H49N/c1-26-23-34-39-37-32(26)13-12-14-33(37)42(8,9)35-24-31(25-36(38(35)39)43(34,10)11)44(29-19-15-27(16-20-29)40(2,3)4)30-21-17-28(18-22-30)41(5,6)7/h12-24,31H,25H2,1-11H3. The Balaban J connectivity index is 1.44. The van der Waals surface area contributed by atoms with Gasteiger partial charge >= 0.3 is 0 Å². The summed E-state index contributed by atoms with van der Waals surface area (Å²) >= 11 is 0. The fourth-order valence-electron chi connectivity index (χ4n) is 8.36. The van der Waals surface area contributed by atoms with Gasteiger partial charge in [0.1, 0.15) is 0 Å². The molecule has 0 N–H and O–H groups in total. The van der Waals surface area contributed by atoms with Gasteiger partial charge in [0.15, 0.2) is 0 Å². The number of hydrogen-bond donors (Lipinski definition) is 0. The van der Waals surface area contributed by atoms with Crippen molar-refractivity contribution in [2.24, 2.45) is 0 Å². The second kappa shape index (κ2) is 9.23. The van der Waals surface area contributed by atoms with Gasteiger partial charge in [-0.2, -0.15) is 0 Å². The quantitative estimate of drug-likeness (QED) is 0.233. The molecule has 0 amide bonds. The maximum Gasteiger partial charge on any atom is 0.0566 e. The minimum atomic E-state index is -0.0882. The summed E-state index contributed by atoms with van der Waals surface area (Å²) in [6.45, 7) is 25.9. The molecule has 3 aliphatic rings. The smallest absolute Gasteiger partial charge is 0.0566 e. The number of hydrogen-bond acceptors (Lipinski definition) is 1. The van der Waals surface area contributed by atoms with Crippen LogP contribution >= 0.6 is 0 Å². The van der Waals surface area contributed by atoms with Crippen LogP contribution in [0.1, 0.15) is 109 Å². The van der Waals surface area contributed by atoms with E-state index in [4.69, 9.17) is 0 Å². The maximum atomic E-state index is 2.64. The SMILES string of the molecule is Cc1cc2c3c4c(cccc14)C(C)(C)C1=CC(N(c4ccc(C(C)(C)C)cc4)c4ccc(C(C)(C)C)cc4)CC(=C13)C2(C)C. The Hall–Kier alpha value is -3.58. The number of rotatable bonds is 3. The van der Waals surface area contributed by atoms with Crippen LogP contribution in [-0.4, -0.2) is 6.04 Å². The van der Waals surface area contributed by atoms with Crippen molar-refractivity contribution in [3.05, 3.63) is 123 Å². The summed E-state index contributed by atoms with van der Waals surface area (Å²) < 4.78 is 0. The zero-order valence-electron chi connectivity index (χ0n) is 28.7. The summed E-state index contributed by atoms with van der Waals surface area (Å²) in [6, 6.07) is 28.4. The predicted molar refractivity (Wildman–Crippen MR) is 191 cm³/mol. The van der Waals surface area contributed by atoms with E-state index in [2.05, 4.69) is 160 Å². The zero-order chi connectivity index (χ0) is 31.6. The van der Waals surface area contributed by atoms with E-state index in [1.54, 1.807) is 11.1 Å². The first-order chi connectivity index (χ1) is 20.5. The predicted octanol–water partition coefficient (Wildman–Crippen LogP) is 11.6. The van der Waals surface area contributed by atoms with Gasteiger partial charge in [-0.05, 0) is 109 Å². The molecule has 0 saturated heterocycles. The minimum Gasteiger partial charge on any atom is -0.334 e. The van der Waals surface area contributed by atoms with Crippen LogP contribution in [-0.2, 0) is 21.7 Å². The van der Waals surface area contributed by atoms with Crippen molar-refractivity contribution in [2.45, 2.75) is 110 Å². The van der Waals surface area contributed by atoms with Gasteiger partial charge in [-0.3, -0.25) is 0 Å². The van der Waals surface area contributed by atoms with Gasteiger partial charge in [0.25, 0.3) is 0 Å². The van der Waals surface area contributed by atoms with Crippen LogP contribution in [0.2, 0.25) is 0 Å². The van der Waals surface area contributed by atoms with Crippen LogP contribution in [0, 0.1) is 6.92 Å². The molecule has 0 saturated carbocycles. The van der Waals surface area contributed by atoms with Crippen LogP contribution in [0.5, 0.6) is 0 Å². The first kappa shape index (κ1) is 29.1. The topological polar surface area (TPSA) is 3.24 Å². The van der Waals surface area contributed by atoms with Gasteiger partial charge in [0.2, 0.25) is 0 Å². The molecule has 0 fully saturated rings. The summed E-state index contributed by atoms with van der Waals surface area (Å²) in [5, 5.41) is 2.91. The Kier molecular flexibility index (Phi) is 6.11. The van der Waals surface area contributed by atoms with Crippen LogP contribution < -0.4 is 4.90 Å². The van der Waals surface area contributed by atoms with Crippen LogP contribution in [0.3, 0.4) is 0 Å². The van der Waals surface area contributed by atoms with Gasteiger partial charge in [0.05, 0.1) is 6.04 Å². The largest absolute Gasteiger partial charge is 0.334 e. The van der Waals surface area contributed by atoms with Crippen molar-refractivity contribution in [3.8, 4) is 0 Å². The van der Waals surface area contributed by atoms with Crippen molar-refractivity contribution in [1.29, 1.82) is 0 Å². The van der Waals surface area contributed by atoms with E-state index in [0.29, 0.717) is 0 Å². The molecule has 3 aliphatic carbocycles. The van der Waals surface area contributed by atoms with Crippen molar-refractivity contribution >= 4 is 27.7 Å². The van der Waals surface area contributed by atoms with Gasteiger partial charge < -0.3 is 4.90 Å². The summed E-state index contributed by atoms with van der Waals surface area (Å²) in [5.74, 6) is 0. The molecule has 0 bridgehead atoms. The lowest BCUT2D eigenvalue weighted by atomic mass is 9.64. The van der Waals surface area contributed by atoms with Gasteiger partial charge in [-0.15, -0.1) is 0 Å². The summed E-state index contributed by atoms with van der Waals surface area (Å²) in [5.41, 5.74) is 15.9. The summed E-state index contributed by atoms with van der Waals surface area (Å²) in [6.07, 6.45) is 3.66.